The van der Waals surface area contributed by atoms with Crippen molar-refractivity contribution in [3.8, 4) is 0 Å². The third kappa shape index (κ3) is 3.87. The summed E-state index contributed by atoms with van der Waals surface area (Å²) < 4.78 is 28.5. The van der Waals surface area contributed by atoms with Gasteiger partial charge in [0.25, 0.3) is 11.8 Å². The molecule has 1 saturated heterocycles. The second-order valence-corrected chi connectivity index (χ2v) is 9.19. The van der Waals surface area contributed by atoms with E-state index in [1.54, 1.807) is 0 Å². The molecule has 2 heterocycles. The predicted octanol–water partition coefficient (Wildman–Crippen LogP) is 1.57. The quantitative estimate of drug-likeness (QED) is 0.721. The Morgan fingerprint density at radius 1 is 0.935 bits per heavy atom. The van der Waals surface area contributed by atoms with Crippen molar-refractivity contribution < 1.29 is 22.7 Å². The second kappa shape index (κ2) is 7.92. The first-order chi connectivity index (χ1) is 14.7. The summed E-state index contributed by atoms with van der Waals surface area (Å²) in [7, 11) is -3.88. The van der Waals surface area contributed by atoms with Gasteiger partial charge in [-0.1, -0.05) is 23.8 Å². The molecular formula is C22H23N3O5S. The Kier molecular flexibility index (Phi) is 5.42. The van der Waals surface area contributed by atoms with E-state index in [-0.39, 0.29) is 10.6 Å². The maximum atomic E-state index is 13.5. The molecule has 2 aromatic carbocycles. The largest absolute Gasteiger partial charge is 0.378 e. The number of carbonyl (C=O) groups excluding carboxylic acids is 2. The van der Waals surface area contributed by atoms with Crippen LogP contribution in [-0.2, 0) is 24.3 Å². The summed E-state index contributed by atoms with van der Waals surface area (Å²) in [4.78, 5) is 29.9. The van der Waals surface area contributed by atoms with E-state index in [0.717, 1.165) is 16.0 Å². The third-order valence-corrected chi connectivity index (χ3v) is 6.39. The monoisotopic (exact) mass is 441 g/mol. The van der Waals surface area contributed by atoms with Gasteiger partial charge in [-0.25, -0.2) is 18.5 Å². The van der Waals surface area contributed by atoms with Crippen molar-refractivity contribution in [3.63, 3.8) is 0 Å². The number of primary sulfonamides is 1. The number of carbonyl (C=O) groups is 2. The molecule has 8 nitrogen and oxygen atoms in total. The van der Waals surface area contributed by atoms with Crippen LogP contribution in [-0.4, -0.2) is 51.4 Å². The number of amides is 2. The molecular weight excluding hydrogens is 418 g/mol. The predicted molar refractivity (Wildman–Crippen MR) is 116 cm³/mol. The number of hydrogen-bond donors (Lipinski definition) is 1. The van der Waals surface area contributed by atoms with E-state index in [2.05, 4.69) is 0 Å². The molecule has 31 heavy (non-hydrogen) atoms. The highest BCUT2D eigenvalue weighted by molar-refractivity contribution is 7.89. The zero-order valence-electron chi connectivity index (χ0n) is 17.3. The highest BCUT2D eigenvalue weighted by atomic mass is 32.2. The van der Waals surface area contributed by atoms with Crippen LogP contribution >= 0.6 is 0 Å². The van der Waals surface area contributed by atoms with Crippen LogP contribution in [0, 0.1) is 13.8 Å². The minimum atomic E-state index is -3.88. The summed E-state index contributed by atoms with van der Waals surface area (Å²) in [5.74, 6) is -0.882. The Bertz CT molecular complexity index is 1200. The number of morpholine rings is 1. The molecule has 162 valence electrons. The molecule has 0 atom stereocenters. The van der Waals surface area contributed by atoms with Crippen LogP contribution in [0.5, 0.6) is 0 Å². The summed E-state index contributed by atoms with van der Waals surface area (Å²) in [6, 6.07) is 11.1. The first kappa shape index (κ1) is 21.2. The number of rotatable bonds is 4. The molecule has 0 saturated carbocycles. The van der Waals surface area contributed by atoms with Gasteiger partial charge in [0.05, 0.1) is 29.4 Å². The first-order valence-electron chi connectivity index (χ1n) is 9.85. The zero-order valence-corrected chi connectivity index (χ0v) is 18.1. The van der Waals surface area contributed by atoms with E-state index in [1.165, 1.54) is 24.3 Å². The fourth-order valence-corrected chi connectivity index (χ4v) is 4.47. The van der Waals surface area contributed by atoms with Gasteiger partial charge in [-0.2, -0.15) is 0 Å². The number of benzene rings is 2. The lowest BCUT2D eigenvalue weighted by Gasteiger charge is -2.29. The second-order valence-electron chi connectivity index (χ2n) is 7.63. The lowest BCUT2D eigenvalue weighted by Crippen LogP contribution is -2.40. The zero-order chi connectivity index (χ0) is 22.3. The van der Waals surface area contributed by atoms with Crippen molar-refractivity contribution >= 4 is 33.1 Å². The molecule has 2 aliphatic rings. The third-order valence-electron chi connectivity index (χ3n) is 5.46. The average molecular weight is 442 g/mol. The summed E-state index contributed by atoms with van der Waals surface area (Å²) in [5.41, 5.74) is 3.63. The van der Waals surface area contributed by atoms with Crippen LogP contribution in [0.2, 0.25) is 0 Å². The van der Waals surface area contributed by atoms with E-state index in [4.69, 9.17) is 9.88 Å². The van der Waals surface area contributed by atoms with Crippen molar-refractivity contribution in [1.82, 2.24) is 4.90 Å². The van der Waals surface area contributed by atoms with Crippen molar-refractivity contribution in [2.24, 2.45) is 5.14 Å². The molecule has 0 aromatic heterocycles. The molecule has 4 rings (SSSR count). The van der Waals surface area contributed by atoms with Gasteiger partial charge in [0, 0.05) is 13.1 Å². The van der Waals surface area contributed by atoms with Gasteiger partial charge in [-0.15, -0.1) is 0 Å². The molecule has 0 aliphatic carbocycles. The Hall–Kier alpha value is -3.01. The van der Waals surface area contributed by atoms with Gasteiger partial charge in [0.1, 0.15) is 5.70 Å². The molecule has 0 bridgehead atoms. The van der Waals surface area contributed by atoms with Crippen LogP contribution in [0.25, 0.3) is 5.57 Å². The first-order valence-corrected chi connectivity index (χ1v) is 11.4. The number of imide groups is 1. The number of aryl methyl sites for hydroxylation is 2. The minimum Gasteiger partial charge on any atom is -0.378 e. The Morgan fingerprint density at radius 2 is 1.58 bits per heavy atom. The van der Waals surface area contributed by atoms with Crippen LogP contribution < -0.4 is 10.0 Å². The highest BCUT2D eigenvalue weighted by Crippen LogP contribution is 2.36. The number of hydrogen-bond acceptors (Lipinski definition) is 6. The van der Waals surface area contributed by atoms with Crippen molar-refractivity contribution in [3.05, 3.63) is 64.9 Å². The van der Waals surface area contributed by atoms with E-state index in [1.807, 2.05) is 36.9 Å². The SMILES string of the molecule is Cc1ccc(C2=C(N3CCOCC3)C(=O)N(c3ccc(S(N)(=O)=O)cc3)C2=O)c(C)c1. The van der Waals surface area contributed by atoms with Gasteiger partial charge in [-0.05, 0) is 49.2 Å². The van der Waals surface area contributed by atoms with Gasteiger partial charge in [0.15, 0.2) is 0 Å². The van der Waals surface area contributed by atoms with E-state index in [0.29, 0.717) is 43.1 Å². The lowest BCUT2D eigenvalue weighted by atomic mass is 9.97. The maximum absolute atomic E-state index is 13.5. The van der Waals surface area contributed by atoms with Crippen molar-refractivity contribution in [2.45, 2.75) is 18.7 Å². The average Bonchev–Trinajstić information content (AvgIpc) is 2.98. The Labute approximate surface area is 180 Å². The van der Waals surface area contributed by atoms with Crippen molar-refractivity contribution in [1.29, 1.82) is 0 Å². The molecule has 2 aromatic rings. The van der Waals surface area contributed by atoms with Crippen LogP contribution in [0.15, 0.2) is 53.1 Å². The van der Waals surface area contributed by atoms with E-state index >= 15 is 0 Å². The molecule has 1 fully saturated rings. The molecule has 0 radical (unpaired) electrons. The topological polar surface area (TPSA) is 110 Å². The van der Waals surface area contributed by atoms with Gasteiger partial charge in [-0.3, -0.25) is 9.59 Å². The Balaban J connectivity index is 1.82. The fourth-order valence-electron chi connectivity index (χ4n) is 3.95. The summed E-state index contributed by atoms with van der Waals surface area (Å²) in [5, 5.41) is 5.16. The molecule has 0 unspecified atom stereocenters. The molecule has 0 spiro atoms. The number of ether oxygens (including phenoxy) is 1. The smallest absolute Gasteiger partial charge is 0.282 e. The minimum absolute atomic E-state index is 0.0914. The van der Waals surface area contributed by atoms with Crippen LogP contribution in [0.1, 0.15) is 16.7 Å². The van der Waals surface area contributed by atoms with E-state index in [9.17, 15) is 18.0 Å². The van der Waals surface area contributed by atoms with Crippen molar-refractivity contribution in [2.75, 3.05) is 31.2 Å². The van der Waals surface area contributed by atoms with Gasteiger partial charge < -0.3 is 9.64 Å². The summed E-state index contributed by atoms with van der Waals surface area (Å²) in [6.07, 6.45) is 0. The van der Waals surface area contributed by atoms with Gasteiger partial charge in [0.2, 0.25) is 10.0 Å². The molecule has 2 aliphatic heterocycles. The standard InChI is InChI=1S/C22H23N3O5S/c1-14-3-8-18(15(2)13-14)19-20(24-9-11-30-12-10-24)22(27)25(21(19)26)16-4-6-17(7-5-16)31(23,28)29/h3-8,13H,9-12H2,1-2H3,(H2,23,28,29). The number of anilines is 1. The van der Waals surface area contributed by atoms with E-state index < -0.39 is 21.8 Å². The fraction of sp³-hybridized carbons (Fsp3) is 0.273. The summed E-state index contributed by atoms with van der Waals surface area (Å²) >= 11 is 0. The lowest BCUT2D eigenvalue weighted by molar-refractivity contribution is -0.121. The van der Waals surface area contributed by atoms with Crippen LogP contribution in [0.4, 0.5) is 5.69 Å². The van der Waals surface area contributed by atoms with Gasteiger partial charge >= 0.3 is 0 Å². The number of nitrogens with zero attached hydrogens (tertiary/aromatic N) is 2. The highest BCUT2D eigenvalue weighted by Gasteiger charge is 2.43. The number of nitrogens with two attached hydrogens (primary N) is 1. The summed E-state index contributed by atoms with van der Waals surface area (Å²) in [6.45, 7) is 5.81. The van der Waals surface area contributed by atoms with Crippen LogP contribution in [0.3, 0.4) is 0 Å². The molecule has 9 heteroatoms. The number of sulfonamides is 1. The normalized spacial score (nSPS) is 17.6. The molecule has 2 amide bonds. The maximum Gasteiger partial charge on any atom is 0.282 e. The molecule has 2 N–H and O–H groups in total. The Morgan fingerprint density at radius 3 is 2.16 bits per heavy atom.